The molecule has 0 aromatic carbocycles. The Morgan fingerprint density at radius 2 is 2.42 bits per heavy atom. The number of hydrogen-bond donors (Lipinski definition) is 2. The molecule has 5 nitrogen and oxygen atoms in total. The number of nitrogens with zero attached hydrogens (tertiary/aromatic N) is 1. The Bertz CT molecular complexity index is 184. The minimum Gasteiger partial charge on any atom is -0.465 e. The molecule has 0 radical (unpaired) electrons. The van der Waals surface area contributed by atoms with E-state index in [4.69, 9.17) is 12.2 Å². The van der Waals surface area contributed by atoms with Crippen LogP contribution in [-0.4, -0.2) is 31.0 Å². The lowest BCUT2D eigenvalue weighted by molar-refractivity contribution is -0.141. The fourth-order valence-corrected chi connectivity index (χ4v) is 0.613. The van der Waals surface area contributed by atoms with E-state index < -0.39 is 0 Å². The Kier molecular flexibility index (Phi) is 5.90. The smallest absolute Gasteiger partial charge is 0.325 e. The molecule has 2 N–H and O–H groups in total. The summed E-state index contributed by atoms with van der Waals surface area (Å²) in [5, 5.41) is 6.13. The third-order valence-corrected chi connectivity index (χ3v) is 1.11. The zero-order valence-corrected chi connectivity index (χ0v) is 7.61. The van der Waals surface area contributed by atoms with Crippen LogP contribution in [0.2, 0.25) is 0 Å². The summed E-state index contributed by atoms with van der Waals surface area (Å²) in [6.45, 7) is 5.29. The second kappa shape index (κ2) is 6.53. The highest BCUT2D eigenvalue weighted by molar-refractivity contribution is 7.80. The van der Waals surface area contributed by atoms with Gasteiger partial charge in [-0.05, 0) is 19.1 Å². The van der Waals surface area contributed by atoms with Gasteiger partial charge in [-0.15, -0.1) is 0 Å². The Hall–Kier alpha value is -1.17. The maximum Gasteiger partial charge on any atom is 0.325 e. The van der Waals surface area contributed by atoms with Crippen molar-refractivity contribution in [2.45, 2.75) is 6.92 Å². The van der Waals surface area contributed by atoms with E-state index in [1.807, 2.05) is 0 Å². The number of hydrogen-bond acceptors (Lipinski definition) is 4. The number of rotatable bonds is 4. The van der Waals surface area contributed by atoms with Gasteiger partial charge in [-0.2, -0.15) is 5.10 Å². The lowest BCUT2D eigenvalue weighted by Crippen LogP contribution is -2.36. The van der Waals surface area contributed by atoms with Crippen LogP contribution in [0, 0.1) is 0 Å². The van der Waals surface area contributed by atoms with Gasteiger partial charge in [0, 0.05) is 6.72 Å². The Balaban J connectivity index is 3.46. The first-order chi connectivity index (χ1) is 5.70. The van der Waals surface area contributed by atoms with Crippen LogP contribution in [0.15, 0.2) is 5.10 Å². The number of carbonyl (C=O) groups excluding carboxylic acids is 1. The molecule has 0 aliphatic rings. The molecule has 0 atom stereocenters. The van der Waals surface area contributed by atoms with Crippen molar-refractivity contribution in [2.75, 3.05) is 13.2 Å². The van der Waals surface area contributed by atoms with Gasteiger partial charge < -0.3 is 10.1 Å². The van der Waals surface area contributed by atoms with Crippen LogP contribution in [0.3, 0.4) is 0 Å². The van der Waals surface area contributed by atoms with Crippen LogP contribution in [-0.2, 0) is 9.53 Å². The van der Waals surface area contributed by atoms with Crippen molar-refractivity contribution in [2.24, 2.45) is 5.10 Å². The van der Waals surface area contributed by atoms with Gasteiger partial charge in [0.2, 0.25) is 0 Å². The first-order valence-corrected chi connectivity index (χ1v) is 3.76. The molecule has 68 valence electrons. The van der Waals surface area contributed by atoms with E-state index in [2.05, 4.69) is 27.3 Å². The first kappa shape index (κ1) is 10.8. The van der Waals surface area contributed by atoms with Gasteiger partial charge in [-0.3, -0.25) is 10.2 Å². The molecular formula is C6H11N3O2S. The predicted octanol–water partition coefficient (Wildman–Crippen LogP) is -0.371. The van der Waals surface area contributed by atoms with Gasteiger partial charge in [0.1, 0.15) is 6.54 Å². The fraction of sp³-hybridized carbons (Fsp3) is 0.500. The van der Waals surface area contributed by atoms with Crippen LogP contribution in [0.4, 0.5) is 0 Å². The largest absolute Gasteiger partial charge is 0.465 e. The van der Waals surface area contributed by atoms with Crippen molar-refractivity contribution in [1.29, 1.82) is 0 Å². The molecule has 0 aliphatic heterocycles. The minimum atomic E-state index is -0.356. The Morgan fingerprint density at radius 1 is 1.75 bits per heavy atom. The van der Waals surface area contributed by atoms with Crippen LogP contribution in [0.25, 0.3) is 0 Å². The summed E-state index contributed by atoms with van der Waals surface area (Å²) in [6, 6.07) is 0. The van der Waals surface area contributed by atoms with E-state index in [1.165, 1.54) is 0 Å². The summed E-state index contributed by atoms with van der Waals surface area (Å²) in [5.41, 5.74) is 2.37. The van der Waals surface area contributed by atoms with Gasteiger partial charge in [-0.1, -0.05) is 0 Å². The summed E-state index contributed by atoms with van der Waals surface area (Å²) >= 11 is 4.69. The second-order valence-electron chi connectivity index (χ2n) is 1.76. The third kappa shape index (κ3) is 5.60. The van der Waals surface area contributed by atoms with Crippen molar-refractivity contribution < 1.29 is 9.53 Å². The quantitative estimate of drug-likeness (QED) is 0.273. The first-order valence-electron chi connectivity index (χ1n) is 3.36. The summed E-state index contributed by atoms with van der Waals surface area (Å²) in [6.07, 6.45) is 0. The van der Waals surface area contributed by atoms with E-state index in [0.717, 1.165) is 0 Å². The van der Waals surface area contributed by atoms with Crippen molar-refractivity contribution in [3.05, 3.63) is 0 Å². The maximum absolute atomic E-state index is 10.7. The number of esters is 1. The van der Waals surface area contributed by atoms with Crippen LogP contribution >= 0.6 is 12.2 Å². The van der Waals surface area contributed by atoms with Gasteiger partial charge >= 0.3 is 5.97 Å². The molecule has 0 bridgehead atoms. The van der Waals surface area contributed by atoms with Crippen molar-refractivity contribution in [3.63, 3.8) is 0 Å². The average molecular weight is 189 g/mol. The fourth-order valence-electron chi connectivity index (χ4n) is 0.476. The SMILES string of the molecule is C=NNC(=S)NCC(=O)OCC. The second-order valence-corrected chi connectivity index (χ2v) is 2.17. The van der Waals surface area contributed by atoms with Crippen molar-refractivity contribution >= 4 is 30.0 Å². The van der Waals surface area contributed by atoms with E-state index in [0.29, 0.717) is 6.61 Å². The molecule has 0 unspecified atom stereocenters. The van der Waals surface area contributed by atoms with Gasteiger partial charge in [-0.25, -0.2) is 0 Å². The molecule has 0 heterocycles. The average Bonchev–Trinajstić information content (AvgIpc) is 2.02. The van der Waals surface area contributed by atoms with E-state index in [1.54, 1.807) is 6.92 Å². The molecule has 0 saturated carbocycles. The summed E-state index contributed by atoms with van der Waals surface area (Å²) in [5.74, 6) is -0.356. The molecule has 0 spiro atoms. The van der Waals surface area contributed by atoms with Crippen molar-refractivity contribution in [1.82, 2.24) is 10.7 Å². The van der Waals surface area contributed by atoms with Gasteiger partial charge in [0.25, 0.3) is 0 Å². The van der Waals surface area contributed by atoms with E-state index in [9.17, 15) is 4.79 Å². The molecular weight excluding hydrogens is 178 g/mol. The topological polar surface area (TPSA) is 62.7 Å². The molecule has 0 aromatic heterocycles. The Morgan fingerprint density at radius 3 is 2.92 bits per heavy atom. The lowest BCUT2D eigenvalue weighted by Gasteiger charge is -2.05. The predicted molar refractivity (Wildman–Crippen MR) is 49.9 cm³/mol. The third-order valence-electron chi connectivity index (χ3n) is 0.879. The normalized spacial score (nSPS) is 8.42. The molecule has 0 aliphatic carbocycles. The number of ether oxygens (including phenoxy) is 1. The van der Waals surface area contributed by atoms with Crippen LogP contribution < -0.4 is 10.7 Å². The minimum absolute atomic E-state index is 0.0369. The summed E-state index contributed by atoms with van der Waals surface area (Å²) in [7, 11) is 0. The highest BCUT2D eigenvalue weighted by Gasteiger charge is 2.00. The standard InChI is InChI=1S/C6H11N3O2S/c1-3-11-5(10)4-8-6(12)9-7-2/h2-4H2,1H3,(H2,8,9,12). The summed E-state index contributed by atoms with van der Waals surface area (Å²) < 4.78 is 4.64. The number of carbonyl (C=O) groups is 1. The molecule has 0 saturated heterocycles. The monoisotopic (exact) mass is 189 g/mol. The molecule has 6 heteroatoms. The Labute approximate surface area is 76.2 Å². The highest BCUT2D eigenvalue weighted by atomic mass is 32.1. The molecule has 0 fully saturated rings. The van der Waals surface area contributed by atoms with Crippen LogP contribution in [0.1, 0.15) is 6.92 Å². The zero-order chi connectivity index (χ0) is 9.40. The number of nitrogens with one attached hydrogen (secondary N) is 2. The van der Waals surface area contributed by atoms with E-state index in [-0.39, 0.29) is 17.6 Å². The summed E-state index contributed by atoms with van der Waals surface area (Å²) in [4.78, 5) is 10.7. The molecule has 12 heavy (non-hydrogen) atoms. The lowest BCUT2D eigenvalue weighted by atomic mass is 10.6. The highest BCUT2D eigenvalue weighted by Crippen LogP contribution is 1.75. The van der Waals surface area contributed by atoms with E-state index >= 15 is 0 Å². The number of hydrazone groups is 1. The molecule has 0 amide bonds. The van der Waals surface area contributed by atoms with Crippen LogP contribution in [0.5, 0.6) is 0 Å². The molecule has 0 aromatic rings. The number of thiocarbonyl (C=S) groups is 1. The van der Waals surface area contributed by atoms with Crippen molar-refractivity contribution in [3.8, 4) is 0 Å². The van der Waals surface area contributed by atoms with Gasteiger partial charge in [0.05, 0.1) is 6.61 Å². The zero-order valence-electron chi connectivity index (χ0n) is 6.79. The molecule has 0 rings (SSSR count). The van der Waals surface area contributed by atoms with Gasteiger partial charge in [0.15, 0.2) is 5.11 Å². The maximum atomic E-state index is 10.7.